The Kier molecular flexibility index (Phi) is 5.19. The van der Waals surface area contributed by atoms with E-state index in [0.29, 0.717) is 45.3 Å². The molecule has 0 amide bonds. The molecule has 4 aromatic rings. The number of benzene rings is 1. The first-order chi connectivity index (χ1) is 15.4. The zero-order valence-corrected chi connectivity index (χ0v) is 18.3. The molecule has 0 unspecified atom stereocenters. The highest BCUT2D eigenvalue weighted by atomic mass is 35.5. The molecule has 1 saturated heterocycles. The number of nitrogens with zero attached hydrogens (tertiary/aromatic N) is 4. The minimum absolute atomic E-state index is 0.0419. The van der Waals surface area contributed by atoms with Gasteiger partial charge in [0, 0.05) is 41.2 Å². The number of ketones is 1. The quantitative estimate of drug-likeness (QED) is 0.441. The largest absolute Gasteiger partial charge is 0.483 e. The van der Waals surface area contributed by atoms with Crippen LogP contribution in [-0.2, 0) is 4.79 Å². The normalized spacial score (nSPS) is 14.5. The number of hydrogen-bond acceptors (Lipinski definition) is 6. The van der Waals surface area contributed by atoms with E-state index in [4.69, 9.17) is 27.9 Å². The third kappa shape index (κ3) is 3.65. The second kappa shape index (κ2) is 8.03. The molecule has 1 aliphatic heterocycles. The van der Waals surface area contributed by atoms with Gasteiger partial charge in [-0.1, -0.05) is 23.2 Å². The lowest BCUT2D eigenvalue weighted by molar-refractivity contribution is -0.119. The number of H-pyrrole nitrogens is 1. The maximum atomic E-state index is 14.7. The number of carbonyl (C=O) groups excluding carboxylic acids is 1. The molecule has 10 heteroatoms. The van der Waals surface area contributed by atoms with Gasteiger partial charge < -0.3 is 9.64 Å². The molecule has 3 aromatic heterocycles. The van der Waals surface area contributed by atoms with Gasteiger partial charge in [-0.2, -0.15) is 5.10 Å². The van der Waals surface area contributed by atoms with Gasteiger partial charge in [0.1, 0.15) is 17.6 Å². The van der Waals surface area contributed by atoms with Gasteiger partial charge in [-0.25, -0.2) is 9.37 Å². The van der Waals surface area contributed by atoms with Gasteiger partial charge in [-0.3, -0.25) is 14.9 Å². The Hall–Kier alpha value is -3.23. The highest BCUT2D eigenvalue weighted by Gasteiger charge is 2.25. The second-order valence-electron chi connectivity index (χ2n) is 7.48. The van der Waals surface area contributed by atoms with Crippen molar-refractivity contribution in [3.8, 4) is 17.0 Å². The summed E-state index contributed by atoms with van der Waals surface area (Å²) < 4.78 is 20.6. The van der Waals surface area contributed by atoms with Gasteiger partial charge in [0.2, 0.25) is 0 Å². The molecule has 1 atom stereocenters. The van der Waals surface area contributed by atoms with E-state index in [9.17, 15) is 9.18 Å². The first-order valence-corrected chi connectivity index (χ1v) is 10.5. The maximum absolute atomic E-state index is 14.7. The van der Waals surface area contributed by atoms with Crippen molar-refractivity contribution in [3.05, 3.63) is 64.3 Å². The van der Waals surface area contributed by atoms with Crippen molar-refractivity contribution in [2.24, 2.45) is 0 Å². The third-order valence-electron chi connectivity index (χ3n) is 5.30. The highest BCUT2D eigenvalue weighted by molar-refractivity contribution is 6.35. The van der Waals surface area contributed by atoms with Crippen molar-refractivity contribution in [2.45, 2.75) is 13.0 Å². The highest BCUT2D eigenvalue weighted by Crippen LogP contribution is 2.36. The standard InChI is InChI=1S/C22H16Cl2FN5O2/c1-11(21-15(23)7-26-8-16(21)24)32-19-4-14-18(5-17(19)25)28-29-22(14)12-2-3-20(27-6-12)30-9-13(31)10-30/h2-8,11H,9-10H2,1H3,(H,28,29)/t11-/m1/s1. The predicted octanol–water partition coefficient (Wildman–Crippen LogP) is 4.99. The second-order valence-corrected chi connectivity index (χ2v) is 8.29. The summed E-state index contributed by atoms with van der Waals surface area (Å²) in [5.74, 6) is 0.410. The van der Waals surface area contributed by atoms with Gasteiger partial charge in [-0.05, 0) is 25.1 Å². The molecule has 162 valence electrons. The van der Waals surface area contributed by atoms with Crippen LogP contribution in [0.15, 0.2) is 42.9 Å². The summed E-state index contributed by atoms with van der Waals surface area (Å²) in [6.07, 6.45) is 3.99. The zero-order chi connectivity index (χ0) is 22.4. The van der Waals surface area contributed by atoms with Crippen molar-refractivity contribution in [2.75, 3.05) is 18.0 Å². The number of ether oxygens (including phenoxy) is 1. The van der Waals surface area contributed by atoms with Crippen LogP contribution in [-0.4, -0.2) is 39.0 Å². The average Bonchev–Trinajstić information content (AvgIpc) is 3.14. The van der Waals surface area contributed by atoms with Crippen LogP contribution in [0.2, 0.25) is 10.0 Å². The lowest BCUT2D eigenvalue weighted by Crippen LogP contribution is -2.47. The summed E-state index contributed by atoms with van der Waals surface area (Å²) in [5.41, 5.74) is 2.41. The Morgan fingerprint density at radius 2 is 1.91 bits per heavy atom. The van der Waals surface area contributed by atoms with Gasteiger partial charge in [-0.15, -0.1) is 0 Å². The molecule has 0 aliphatic carbocycles. The SMILES string of the molecule is C[C@@H](Oc1cc2c(-c3ccc(N4CC(=O)C4)nc3)n[nH]c2cc1F)c1c(Cl)cncc1Cl. The average molecular weight is 472 g/mol. The number of aromatic amines is 1. The van der Waals surface area contributed by atoms with E-state index in [1.54, 1.807) is 19.2 Å². The Balaban J connectivity index is 1.46. The number of carbonyl (C=O) groups is 1. The van der Waals surface area contributed by atoms with E-state index in [2.05, 4.69) is 20.2 Å². The van der Waals surface area contributed by atoms with Gasteiger partial charge in [0.15, 0.2) is 17.3 Å². The minimum Gasteiger partial charge on any atom is -0.483 e. The van der Waals surface area contributed by atoms with Crippen LogP contribution in [0.5, 0.6) is 5.75 Å². The molecule has 0 spiro atoms. The summed E-state index contributed by atoms with van der Waals surface area (Å²) in [5, 5.41) is 8.53. The van der Waals surface area contributed by atoms with Crippen molar-refractivity contribution in [1.29, 1.82) is 0 Å². The first-order valence-electron chi connectivity index (χ1n) is 9.77. The summed E-state index contributed by atoms with van der Waals surface area (Å²) in [4.78, 5) is 21.4. The van der Waals surface area contributed by atoms with Crippen molar-refractivity contribution in [3.63, 3.8) is 0 Å². The van der Waals surface area contributed by atoms with E-state index in [-0.39, 0.29) is 11.5 Å². The molecule has 1 aromatic carbocycles. The molecule has 7 nitrogen and oxygen atoms in total. The molecule has 1 fully saturated rings. The number of rotatable bonds is 5. The van der Waals surface area contributed by atoms with Crippen molar-refractivity contribution < 1.29 is 13.9 Å². The summed E-state index contributed by atoms with van der Waals surface area (Å²) in [6.45, 7) is 2.49. The van der Waals surface area contributed by atoms with Crippen LogP contribution in [0, 0.1) is 5.82 Å². The molecule has 5 rings (SSSR count). The van der Waals surface area contributed by atoms with E-state index >= 15 is 0 Å². The molecule has 0 saturated carbocycles. The van der Waals surface area contributed by atoms with Crippen LogP contribution in [0.25, 0.3) is 22.2 Å². The van der Waals surface area contributed by atoms with Gasteiger partial charge in [0.05, 0.1) is 28.7 Å². The summed E-state index contributed by atoms with van der Waals surface area (Å²) in [6, 6.07) is 6.62. The van der Waals surface area contributed by atoms with Crippen molar-refractivity contribution >= 4 is 45.7 Å². The number of Topliss-reactive ketones (excluding diaryl/α,β-unsaturated/α-hetero) is 1. The first kappa shape index (κ1) is 20.7. The number of pyridine rings is 2. The molecule has 1 N–H and O–H groups in total. The van der Waals surface area contributed by atoms with E-state index in [1.807, 2.05) is 17.0 Å². The fourth-order valence-electron chi connectivity index (χ4n) is 3.64. The molecule has 1 aliphatic rings. The molecule has 4 heterocycles. The van der Waals surface area contributed by atoms with Crippen LogP contribution in [0.4, 0.5) is 10.2 Å². The van der Waals surface area contributed by atoms with Gasteiger partial charge in [0.25, 0.3) is 0 Å². The zero-order valence-electron chi connectivity index (χ0n) is 16.8. The van der Waals surface area contributed by atoms with Crippen LogP contribution in [0.1, 0.15) is 18.6 Å². The molecular formula is C22H16Cl2FN5O2. The Morgan fingerprint density at radius 3 is 2.56 bits per heavy atom. The summed E-state index contributed by atoms with van der Waals surface area (Å²) in [7, 11) is 0. The van der Waals surface area contributed by atoms with Crippen LogP contribution in [0.3, 0.4) is 0 Å². The fourth-order valence-corrected chi connectivity index (χ4v) is 4.31. The van der Waals surface area contributed by atoms with Crippen molar-refractivity contribution in [1.82, 2.24) is 20.2 Å². The van der Waals surface area contributed by atoms with E-state index in [1.165, 1.54) is 18.5 Å². The third-order valence-corrected chi connectivity index (χ3v) is 5.90. The number of fused-ring (bicyclic) bond motifs is 1. The summed E-state index contributed by atoms with van der Waals surface area (Å²) >= 11 is 12.4. The molecule has 0 radical (unpaired) electrons. The smallest absolute Gasteiger partial charge is 0.171 e. The monoisotopic (exact) mass is 471 g/mol. The van der Waals surface area contributed by atoms with Crippen LogP contribution >= 0.6 is 23.2 Å². The number of anilines is 1. The predicted molar refractivity (Wildman–Crippen MR) is 120 cm³/mol. The van der Waals surface area contributed by atoms with Crippen LogP contribution < -0.4 is 9.64 Å². The molecule has 0 bridgehead atoms. The molecular weight excluding hydrogens is 456 g/mol. The van der Waals surface area contributed by atoms with E-state index in [0.717, 1.165) is 11.4 Å². The lowest BCUT2D eigenvalue weighted by Gasteiger charge is -2.30. The van der Waals surface area contributed by atoms with E-state index < -0.39 is 11.9 Å². The number of nitrogens with one attached hydrogen (secondary N) is 1. The minimum atomic E-state index is -0.611. The van der Waals surface area contributed by atoms with Gasteiger partial charge >= 0.3 is 0 Å². The lowest BCUT2D eigenvalue weighted by atomic mass is 10.1. The maximum Gasteiger partial charge on any atom is 0.171 e. The number of hydrogen-bond donors (Lipinski definition) is 1. The topological polar surface area (TPSA) is 84.0 Å². The number of aromatic nitrogens is 4. The molecule has 32 heavy (non-hydrogen) atoms. The Morgan fingerprint density at radius 1 is 1.16 bits per heavy atom. The fraction of sp³-hybridized carbons (Fsp3) is 0.182. The Labute approximate surface area is 192 Å². The Bertz CT molecular complexity index is 1310. The number of halogens is 3.